The molecule has 0 unspecified atom stereocenters. The van der Waals surface area contributed by atoms with E-state index in [1.165, 1.54) is 37.9 Å². The zero-order chi connectivity index (χ0) is 18.6. The molecule has 2 saturated heterocycles. The fourth-order valence-electron chi connectivity index (χ4n) is 4.03. The van der Waals surface area contributed by atoms with Gasteiger partial charge in [-0.15, -0.1) is 0 Å². The van der Waals surface area contributed by atoms with Crippen molar-refractivity contribution in [1.29, 1.82) is 0 Å². The molecule has 2 heterocycles. The summed E-state index contributed by atoms with van der Waals surface area (Å²) < 4.78 is 5.55. The van der Waals surface area contributed by atoms with Crippen molar-refractivity contribution in [2.24, 2.45) is 0 Å². The number of nitrogens with zero attached hydrogens (tertiary/aromatic N) is 2. The number of amides is 1. The van der Waals surface area contributed by atoms with Gasteiger partial charge in [0.1, 0.15) is 6.61 Å². The molecule has 2 aliphatic rings. The molecule has 4 heteroatoms. The second-order valence-electron chi connectivity index (χ2n) is 8.82. The molecule has 26 heavy (non-hydrogen) atoms. The standard InChI is InChI=1S/C22H34N2O2/c1-22(2,3)19-9-7-18(8-10-19)17-26-21(25)24-15-11-20(12-16-24)23-13-5-4-6-14-23/h7-10,20H,4-6,11-17H2,1-3H3. The molecule has 0 aliphatic carbocycles. The van der Waals surface area contributed by atoms with Crippen LogP contribution in [0, 0.1) is 0 Å². The summed E-state index contributed by atoms with van der Waals surface area (Å²) >= 11 is 0. The van der Waals surface area contributed by atoms with E-state index < -0.39 is 0 Å². The highest BCUT2D eigenvalue weighted by Gasteiger charge is 2.28. The van der Waals surface area contributed by atoms with Crippen LogP contribution in [0.1, 0.15) is 64.0 Å². The van der Waals surface area contributed by atoms with Gasteiger partial charge in [0.2, 0.25) is 0 Å². The molecule has 1 aromatic rings. The van der Waals surface area contributed by atoms with E-state index in [1.54, 1.807) is 0 Å². The monoisotopic (exact) mass is 358 g/mol. The lowest BCUT2D eigenvalue weighted by atomic mass is 9.87. The molecule has 0 N–H and O–H groups in total. The van der Waals surface area contributed by atoms with E-state index >= 15 is 0 Å². The molecular weight excluding hydrogens is 324 g/mol. The van der Waals surface area contributed by atoms with E-state index in [-0.39, 0.29) is 11.5 Å². The number of benzene rings is 1. The van der Waals surface area contributed by atoms with Gasteiger partial charge >= 0.3 is 6.09 Å². The van der Waals surface area contributed by atoms with Crippen LogP contribution in [0.5, 0.6) is 0 Å². The highest BCUT2D eigenvalue weighted by atomic mass is 16.6. The zero-order valence-corrected chi connectivity index (χ0v) is 16.7. The van der Waals surface area contributed by atoms with Crippen molar-refractivity contribution < 1.29 is 9.53 Å². The summed E-state index contributed by atoms with van der Waals surface area (Å²) in [6, 6.07) is 9.05. The minimum Gasteiger partial charge on any atom is -0.445 e. The molecule has 0 spiro atoms. The summed E-state index contributed by atoms with van der Waals surface area (Å²) in [6.45, 7) is 11.1. The van der Waals surface area contributed by atoms with Crippen LogP contribution in [-0.4, -0.2) is 48.1 Å². The summed E-state index contributed by atoms with van der Waals surface area (Å²) in [6.07, 6.45) is 6.03. The molecule has 0 atom stereocenters. The number of carbonyl (C=O) groups excluding carboxylic acids is 1. The van der Waals surface area contributed by atoms with Crippen molar-refractivity contribution in [1.82, 2.24) is 9.80 Å². The highest BCUT2D eigenvalue weighted by molar-refractivity contribution is 5.67. The second-order valence-corrected chi connectivity index (χ2v) is 8.82. The van der Waals surface area contributed by atoms with Gasteiger partial charge < -0.3 is 14.5 Å². The van der Waals surface area contributed by atoms with Crippen molar-refractivity contribution in [2.45, 2.75) is 70.9 Å². The van der Waals surface area contributed by atoms with Crippen LogP contribution in [0.15, 0.2) is 24.3 Å². The molecule has 2 aliphatic heterocycles. The van der Waals surface area contributed by atoms with Crippen molar-refractivity contribution in [3.8, 4) is 0 Å². The number of carbonyl (C=O) groups is 1. The van der Waals surface area contributed by atoms with Gasteiger partial charge in [-0.1, -0.05) is 51.5 Å². The largest absolute Gasteiger partial charge is 0.445 e. The Hall–Kier alpha value is -1.55. The van der Waals surface area contributed by atoms with Crippen LogP contribution in [-0.2, 0) is 16.8 Å². The average Bonchev–Trinajstić information content (AvgIpc) is 2.66. The van der Waals surface area contributed by atoms with E-state index in [4.69, 9.17) is 4.74 Å². The van der Waals surface area contributed by atoms with Gasteiger partial charge in [-0.05, 0) is 55.3 Å². The lowest BCUT2D eigenvalue weighted by Crippen LogP contribution is -2.48. The lowest BCUT2D eigenvalue weighted by Gasteiger charge is -2.39. The first-order valence-corrected chi connectivity index (χ1v) is 10.2. The number of hydrogen-bond donors (Lipinski definition) is 0. The fraction of sp³-hybridized carbons (Fsp3) is 0.682. The van der Waals surface area contributed by atoms with Crippen LogP contribution in [0.25, 0.3) is 0 Å². The minimum atomic E-state index is -0.165. The summed E-state index contributed by atoms with van der Waals surface area (Å²) in [5.41, 5.74) is 2.50. The van der Waals surface area contributed by atoms with Gasteiger partial charge in [0, 0.05) is 19.1 Å². The van der Waals surface area contributed by atoms with Gasteiger partial charge in [-0.2, -0.15) is 0 Å². The first-order chi connectivity index (χ1) is 12.4. The highest BCUT2D eigenvalue weighted by Crippen LogP contribution is 2.23. The summed E-state index contributed by atoms with van der Waals surface area (Å²) in [4.78, 5) is 16.9. The van der Waals surface area contributed by atoms with E-state index in [0.717, 1.165) is 31.5 Å². The van der Waals surface area contributed by atoms with Gasteiger partial charge in [-0.3, -0.25) is 0 Å². The fourth-order valence-corrected chi connectivity index (χ4v) is 4.03. The summed E-state index contributed by atoms with van der Waals surface area (Å²) in [5, 5.41) is 0. The summed E-state index contributed by atoms with van der Waals surface area (Å²) in [5.74, 6) is 0. The van der Waals surface area contributed by atoms with E-state index in [9.17, 15) is 4.79 Å². The van der Waals surface area contributed by atoms with Gasteiger partial charge in [0.25, 0.3) is 0 Å². The smallest absolute Gasteiger partial charge is 0.410 e. The van der Waals surface area contributed by atoms with Crippen LogP contribution < -0.4 is 0 Å². The summed E-state index contributed by atoms with van der Waals surface area (Å²) in [7, 11) is 0. The molecule has 1 aromatic carbocycles. The second kappa shape index (κ2) is 8.43. The molecule has 4 nitrogen and oxygen atoms in total. The number of likely N-dealkylation sites (tertiary alicyclic amines) is 2. The quantitative estimate of drug-likeness (QED) is 0.793. The molecule has 0 saturated carbocycles. The van der Waals surface area contributed by atoms with E-state index in [0.29, 0.717) is 12.6 Å². The van der Waals surface area contributed by atoms with Gasteiger partial charge in [0.05, 0.1) is 0 Å². The lowest BCUT2D eigenvalue weighted by molar-refractivity contribution is 0.0627. The molecule has 2 fully saturated rings. The van der Waals surface area contributed by atoms with Crippen molar-refractivity contribution >= 4 is 6.09 Å². The Kier molecular flexibility index (Phi) is 6.23. The minimum absolute atomic E-state index is 0.147. The third kappa shape index (κ3) is 5.00. The van der Waals surface area contributed by atoms with Crippen LogP contribution in [0.3, 0.4) is 0 Å². The Morgan fingerprint density at radius 1 is 1.00 bits per heavy atom. The number of piperidine rings is 2. The van der Waals surface area contributed by atoms with Gasteiger partial charge in [0.15, 0.2) is 0 Å². The predicted molar refractivity (Wildman–Crippen MR) is 105 cm³/mol. The SMILES string of the molecule is CC(C)(C)c1ccc(COC(=O)N2CCC(N3CCCCC3)CC2)cc1. The topological polar surface area (TPSA) is 32.8 Å². The van der Waals surface area contributed by atoms with Crippen molar-refractivity contribution in [3.63, 3.8) is 0 Å². The molecular formula is C22H34N2O2. The first-order valence-electron chi connectivity index (χ1n) is 10.2. The number of ether oxygens (including phenoxy) is 1. The Morgan fingerprint density at radius 3 is 2.19 bits per heavy atom. The normalized spacial score (nSPS) is 20.2. The number of rotatable bonds is 3. The predicted octanol–water partition coefficient (Wildman–Crippen LogP) is 4.57. The molecule has 0 radical (unpaired) electrons. The maximum atomic E-state index is 12.4. The number of hydrogen-bond acceptors (Lipinski definition) is 3. The third-order valence-corrected chi connectivity index (χ3v) is 5.81. The Morgan fingerprint density at radius 2 is 1.62 bits per heavy atom. The van der Waals surface area contributed by atoms with Crippen molar-refractivity contribution in [2.75, 3.05) is 26.2 Å². The maximum Gasteiger partial charge on any atom is 0.410 e. The molecule has 144 valence electrons. The molecule has 0 bridgehead atoms. The molecule has 1 amide bonds. The van der Waals surface area contributed by atoms with Crippen LogP contribution in [0.4, 0.5) is 4.79 Å². The van der Waals surface area contributed by atoms with Gasteiger partial charge in [-0.25, -0.2) is 4.79 Å². The average molecular weight is 359 g/mol. The molecule has 3 rings (SSSR count). The maximum absolute atomic E-state index is 12.4. The van der Waals surface area contributed by atoms with Crippen LogP contribution in [0.2, 0.25) is 0 Å². The zero-order valence-electron chi connectivity index (χ0n) is 16.7. The first kappa shape index (κ1) is 19.2. The Balaban J connectivity index is 1.43. The molecule has 0 aromatic heterocycles. The Bertz CT molecular complexity index is 577. The van der Waals surface area contributed by atoms with E-state index in [1.807, 2.05) is 4.90 Å². The van der Waals surface area contributed by atoms with Crippen molar-refractivity contribution in [3.05, 3.63) is 35.4 Å². The third-order valence-electron chi connectivity index (χ3n) is 5.81. The van der Waals surface area contributed by atoms with E-state index in [2.05, 4.69) is 49.9 Å². The Labute approximate surface area is 158 Å². The van der Waals surface area contributed by atoms with Crippen LogP contribution >= 0.6 is 0 Å².